The fraction of sp³-hybridized carbons (Fsp3) is 0.188. The first-order chi connectivity index (χ1) is 10.4. The minimum absolute atomic E-state index is 0.157. The van der Waals surface area contributed by atoms with Gasteiger partial charge in [0, 0.05) is 17.3 Å². The van der Waals surface area contributed by atoms with E-state index in [9.17, 15) is 18.0 Å². The number of nitrogens with one attached hydrogen (secondary N) is 1. The minimum atomic E-state index is -3.11. The van der Waals surface area contributed by atoms with Gasteiger partial charge in [0.15, 0.2) is 11.6 Å². The van der Waals surface area contributed by atoms with Gasteiger partial charge in [0.2, 0.25) is 0 Å². The molecule has 0 bridgehead atoms. The van der Waals surface area contributed by atoms with Crippen molar-refractivity contribution in [1.82, 2.24) is 0 Å². The van der Waals surface area contributed by atoms with Crippen molar-refractivity contribution in [3.63, 3.8) is 0 Å². The van der Waals surface area contributed by atoms with Crippen LogP contribution in [0.4, 0.5) is 18.9 Å². The number of hydrogen-bond donors (Lipinski definition) is 1. The van der Waals surface area contributed by atoms with Crippen LogP contribution in [0.15, 0.2) is 36.4 Å². The van der Waals surface area contributed by atoms with Gasteiger partial charge in [0.05, 0.1) is 0 Å². The topological polar surface area (TPSA) is 38.3 Å². The Labute approximate surface area is 125 Å². The van der Waals surface area contributed by atoms with Gasteiger partial charge < -0.3 is 10.1 Å². The van der Waals surface area contributed by atoms with Crippen molar-refractivity contribution >= 4 is 11.6 Å². The smallest absolute Gasteiger partial charge is 0.387 e. The summed E-state index contributed by atoms with van der Waals surface area (Å²) in [4.78, 5) is 12.1. The maximum absolute atomic E-state index is 13.6. The minimum Gasteiger partial charge on any atom is -0.432 e. The molecule has 3 nitrogen and oxygen atoms in total. The molecule has 0 unspecified atom stereocenters. The first-order valence-electron chi connectivity index (χ1n) is 6.50. The monoisotopic (exact) mass is 309 g/mol. The molecule has 0 saturated carbocycles. The SMILES string of the molecule is Cc1ccc(C(=O)Nc2ccc(OC(F)F)c(F)c2)c(C)c1. The molecule has 0 heterocycles. The van der Waals surface area contributed by atoms with Gasteiger partial charge in [-0.3, -0.25) is 4.79 Å². The van der Waals surface area contributed by atoms with Crippen molar-refractivity contribution in [2.75, 3.05) is 5.32 Å². The van der Waals surface area contributed by atoms with E-state index >= 15 is 0 Å². The lowest BCUT2D eigenvalue weighted by molar-refractivity contribution is -0.0521. The van der Waals surface area contributed by atoms with E-state index in [-0.39, 0.29) is 5.69 Å². The molecule has 2 aromatic rings. The number of benzene rings is 2. The van der Waals surface area contributed by atoms with Crippen molar-refractivity contribution in [3.8, 4) is 5.75 Å². The largest absolute Gasteiger partial charge is 0.432 e. The number of hydrogen-bond acceptors (Lipinski definition) is 2. The highest BCUT2D eigenvalue weighted by Gasteiger charge is 2.13. The summed E-state index contributed by atoms with van der Waals surface area (Å²) in [5, 5.41) is 2.52. The summed E-state index contributed by atoms with van der Waals surface area (Å²) in [7, 11) is 0. The van der Waals surface area contributed by atoms with Gasteiger partial charge in [-0.05, 0) is 37.6 Å². The van der Waals surface area contributed by atoms with Gasteiger partial charge >= 0.3 is 6.61 Å². The van der Waals surface area contributed by atoms with Gasteiger partial charge in [-0.15, -0.1) is 0 Å². The lowest BCUT2D eigenvalue weighted by atomic mass is 10.1. The van der Waals surface area contributed by atoms with Crippen LogP contribution in [-0.2, 0) is 0 Å². The summed E-state index contributed by atoms with van der Waals surface area (Å²) in [6, 6.07) is 8.59. The van der Waals surface area contributed by atoms with E-state index in [1.807, 2.05) is 13.0 Å². The van der Waals surface area contributed by atoms with Crippen LogP contribution >= 0.6 is 0 Å². The Morgan fingerprint density at radius 1 is 1.14 bits per heavy atom. The number of alkyl halides is 2. The first kappa shape index (κ1) is 15.9. The Hall–Kier alpha value is -2.50. The molecular formula is C16H14F3NO2. The van der Waals surface area contributed by atoms with Crippen LogP contribution in [0.1, 0.15) is 21.5 Å². The summed E-state index contributed by atoms with van der Waals surface area (Å²) in [6.45, 7) is 0.596. The molecule has 0 saturated heterocycles. The molecule has 1 amide bonds. The Kier molecular flexibility index (Phi) is 4.70. The third-order valence-electron chi connectivity index (χ3n) is 3.03. The summed E-state index contributed by atoms with van der Waals surface area (Å²) in [6.07, 6.45) is 0. The Morgan fingerprint density at radius 3 is 2.45 bits per heavy atom. The normalized spacial score (nSPS) is 10.6. The zero-order valence-corrected chi connectivity index (χ0v) is 12.0. The molecule has 0 spiro atoms. The van der Waals surface area contributed by atoms with Crippen molar-refractivity contribution < 1.29 is 22.7 Å². The van der Waals surface area contributed by atoms with Crippen molar-refractivity contribution in [2.24, 2.45) is 0 Å². The van der Waals surface area contributed by atoms with Crippen LogP contribution in [0, 0.1) is 19.7 Å². The van der Waals surface area contributed by atoms with Crippen LogP contribution in [0.5, 0.6) is 5.75 Å². The number of halogens is 3. The predicted octanol–water partition coefficient (Wildman–Crippen LogP) is 4.30. The maximum Gasteiger partial charge on any atom is 0.387 e. The van der Waals surface area contributed by atoms with Gasteiger partial charge in [-0.25, -0.2) is 4.39 Å². The molecule has 116 valence electrons. The van der Waals surface area contributed by atoms with E-state index < -0.39 is 24.1 Å². The molecule has 1 N–H and O–H groups in total. The maximum atomic E-state index is 13.6. The summed E-state index contributed by atoms with van der Waals surface area (Å²) >= 11 is 0. The van der Waals surface area contributed by atoms with Crippen molar-refractivity contribution in [1.29, 1.82) is 0 Å². The molecule has 6 heteroatoms. The average Bonchev–Trinajstić information content (AvgIpc) is 2.41. The number of anilines is 1. The van der Waals surface area contributed by atoms with E-state index in [0.717, 1.165) is 23.3 Å². The number of amides is 1. The summed E-state index contributed by atoms with van der Waals surface area (Å²) in [5.41, 5.74) is 2.42. The summed E-state index contributed by atoms with van der Waals surface area (Å²) in [5.74, 6) is -1.95. The van der Waals surface area contributed by atoms with Gasteiger partial charge in [0.1, 0.15) is 0 Å². The Bertz CT molecular complexity index is 702. The van der Waals surface area contributed by atoms with Gasteiger partial charge in [-0.2, -0.15) is 8.78 Å². The molecule has 2 aromatic carbocycles. The molecule has 0 atom stereocenters. The van der Waals surface area contributed by atoms with Crippen LogP contribution in [-0.4, -0.2) is 12.5 Å². The molecular weight excluding hydrogens is 295 g/mol. The standard InChI is InChI=1S/C16H14F3NO2/c1-9-3-5-12(10(2)7-9)15(21)20-11-4-6-14(13(17)8-11)22-16(18)19/h3-8,16H,1-2H3,(H,20,21). The number of ether oxygens (including phenoxy) is 1. The Morgan fingerprint density at radius 2 is 1.86 bits per heavy atom. The highest BCUT2D eigenvalue weighted by Crippen LogP contribution is 2.23. The second-order valence-corrected chi connectivity index (χ2v) is 4.80. The first-order valence-corrected chi connectivity index (χ1v) is 6.50. The molecule has 0 radical (unpaired) electrons. The van der Waals surface area contributed by atoms with Crippen molar-refractivity contribution in [2.45, 2.75) is 20.5 Å². The average molecular weight is 309 g/mol. The second kappa shape index (κ2) is 6.51. The van der Waals surface area contributed by atoms with Crippen LogP contribution in [0.3, 0.4) is 0 Å². The lowest BCUT2D eigenvalue weighted by Gasteiger charge is -2.10. The van der Waals surface area contributed by atoms with Crippen molar-refractivity contribution in [3.05, 3.63) is 58.9 Å². The fourth-order valence-electron chi connectivity index (χ4n) is 2.04. The third-order valence-corrected chi connectivity index (χ3v) is 3.03. The molecule has 0 aliphatic rings. The number of aryl methyl sites for hydroxylation is 2. The van der Waals surface area contributed by atoms with Gasteiger partial charge in [-0.1, -0.05) is 17.7 Å². The van der Waals surface area contributed by atoms with Crippen LogP contribution in [0.25, 0.3) is 0 Å². The zero-order valence-electron chi connectivity index (χ0n) is 12.0. The molecule has 0 fully saturated rings. The number of carbonyl (C=O) groups excluding carboxylic acids is 1. The molecule has 2 rings (SSSR count). The van der Waals surface area contributed by atoms with Crippen LogP contribution in [0.2, 0.25) is 0 Å². The quantitative estimate of drug-likeness (QED) is 0.914. The highest BCUT2D eigenvalue weighted by atomic mass is 19.3. The van der Waals surface area contributed by atoms with E-state index in [4.69, 9.17) is 0 Å². The number of rotatable bonds is 4. The number of carbonyl (C=O) groups is 1. The molecule has 0 aliphatic carbocycles. The van der Waals surface area contributed by atoms with E-state index in [1.54, 1.807) is 19.1 Å². The van der Waals surface area contributed by atoms with E-state index in [1.165, 1.54) is 6.07 Å². The highest BCUT2D eigenvalue weighted by molar-refractivity contribution is 6.05. The fourth-order valence-corrected chi connectivity index (χ4v) is 2.04. The molecule has 22 heavy (non-hydrogen) atoms. The summed E-state index contributed by atoms with van der Waals surface area (Å²) < 4.78 is 41.7. The third kappa shape index (κ3) is 3.78. The van der Waals surface area contributed by atoms with E-state index in [0.29, 0.717) is 5.56 Å². The Balaban J connectivity index is 2.16. The lowest BCUT2D eigenvalue weighted by Crippen LogP contribution is -2.13. The second-order valence-electron chi connectivity index (χ2n) is 4.80. The van der Waals surface area contributed by atoms with Crippen LogP contribution < -0.4 is 10.1 Å². The zero-order chi connectivity index (χ0) is 16.3. The predicted molar refractivity (Wildman–Crippen MR) is 76.9 cm³/mol. The molecule has 0 aliphatic heterocycles. The van der Waals surface area contributed by atoms with E-state index in [2.05, 4.69) is 10.1 Å². The molecule has 0 aromatic heterocycles. The van der Waals surface area contributed by atoms with Gasteiger partial charge in [0.25, 0.3) is 5.91 Å².